The van der Waals surface area contributed by atoms with Crippen molar-refractivity contribution < 1.29 is 75.8 Å². The Morgan fingerprint density at radius 1 is 0.232 bits per heavy atom. The maximum absolute atomic E-state index is 13.1. The third-order valence-corrected chi connectivity index (χ3v) is 23.0. The molecule has 18 heteroatoms. The number of aliphatic hydroxyl groups excluding tert-OH is 2. The number of esters is 3. The molecule has 125 heavy (non-hydrogen) atoms. The zero-order valence-corrected chi connectivity index (χ0v) is 81.0. The van der Waals surface area contributed by atoms with Gasteiger partial charge in [-0.05, 0) is 161 Å². The molecule has 0 aromatic rings. The summed E-state index contributed by atoms with van der Waals surface area (Å²) in [5.74, 6) is -1.58. The van der Waals surface area contributed by atoms with Crippen LogP contribution in [0.4, 0.5) is 0 Å². The Hall–Kier alpha value is -5.35. The van der Waals surface area contributed by atoms with Crippen LogP contribution in [0.5, 0.6) is 0 Å². The molecule has 0 aromatic carbocycles. The molecule has 0 aliphatic heterocycles. The topological polar surface area (TPSA) is 231 Å². The van der Waals surface area contributed by atoms with Crippen LogP contribution in [0.1, 0.15) is 419 Å². The summed E-state index contributed by atoms with van der Waals surface area (Å²) in [7, 11) is -9.82. The van der Waals surface area contributed by atoms with Gasteiger partial charge in [-0.2, -0.15) is 0 Å². The maximum atomic E-state index is 13.1. The van der Waals surface area contributed by atoms with E-state index in [1.165, 1.54) is 173 Å². The summed E-state index contributed by atoms with van der Waals surface area (Å²) in [6, 6.07) is 0. The highest BCUT2D eigenvalue weighted by Crippen LogP contribution is 2.45. The first-order valence-electron chi connectivity index (χ1n) is 50.1. The van der Waals surface area contributed by atoms with E-state index in [9.17, 15) is 43.5 Å². The van der Waals surface area contributed by atoms with Crippen LogP contribution < -0.4 is 0 Å². The van der Waals surface area contributed by atoms with Gasteiger partial charge >= 0.3 is 33.6 Å². The zero-order valence-electron chi connectivity index (χ0n) is 79.2. The Morgan fingerprint density at radius 3 is 0.672 bits per heavy atom. The second kappa shape index (κ2) is 97.7. The second-order valence-electron chi connectivity index (χ2n) is 33.2. The average molecular weight is 1790 g/mol. The van der Waals surface area contributed by atoms with Crippen LogP contribution in [0.15, 0.2) is 182 Å². The minimum atomic E-state index is -4.95. The molecule has 0 heterocycles. The summed E-state index contributed by atoms with van der Waals surface area (Å²) < 4.78 is 61.7. The largest absolute Gasteiger partial charge is 0.472 e. The van der Waals surface area contributed by atoms with Gasteiger partial charge in [-0.3, -0.25) is 32.5 Å². The number of hydrogen-bond acceptors (Lipinski definition) is 14. The molecule has 5 atom stereocenters. The van der Waals surface area contributed by atoms with E-state index in [4.69, 9.17) is 32.3 Å². The predicted octanol–water partition coefficient (Wildman–Crippen LogP) is 31.6. The molecule has 0 saturated heterocycles. The molecule has 716 valence electrons. The van der Waals surface area contributed by atoms with Gasteiger partial charge in [-0.25, -0.2) is 9.13 Å². The van der Waals surface area contributed by atoms with Crippen LogP contribution in [-0.4, -0.2) is 95.9 Å². The molecule has 0 radical (unpaired) electrons. The van der Waals surface area contributed by atoms with Crippen LogP contribution in [0.25, 0.3) is 0 Å². The van der Waals surface area contributed by atoms with Crippen LogP contribution >= 0.6 is 15.6 Å². The lowest BCUT2D eigenvalue weighted by Gasteiger charge is -2.21. The normalized spacial score (nSPS) is 14.5. The average Bonchev–Trinajstić information content (AvgIpc) is 0.900. The number of phosphoric ester groups is 2. The minimum absolute atomic E-state index is 0.0896. The van der Waals surface area contributed by atoms with Crippen LogP contribution in [0.3, 0.4) is 0 Å². The Bertz CT molecular complexity index is 3000. The summed E-state index contributed by atoms with van der Waals surface area (Å²) >= 11 is 0. The summed E-state index contributed by atoms with van der Waals surface area (Å²) in [6.07, 6.45) is 129. The summed E-state index contributed by atoms with van der Waals surface area (Å²) in [6.45, 7) is 2.48. The fourth-order valence-electron chi connectivity index (χ4n) is 13.6. The number of phosphoric acid groups is 2. The molecule has 0 spiro atoms. The van der Waals surface area contributed by atoms with Crippen molar-refractivity contribution in [2.45, 2.75) is 437 Å². The summed E-state index contributed by atoms with van der Waals surface area (Å²) in [5.41, 5.74) is 0. The van der Waals surface area contributed by atoms with Gasteiger partial charge in [0.2, 0.25) is 0 Å². The van der Waals surface area contributed by atoms with Crippen molar-refractivity contribution in [2.75, 3.05) is 39.6 Å². The van der Waals surface area contributed by atoms with Crippen molar-refractivity contribution in [3.63, 3.8) is 0 Å². The van der Waals surface area contributed by atoms with Gasteiger partial charge in [0.05, 0.1) is 26.4 Å². The minimum Gasteiger partial charge on any atom is -0.463 e. The molecule has 0 amide bonds. The Morgan fingerprint density at radius 2 is 0.424 bits per heavy atom. The first-order valence-corrected chi connectivity index (χ1v) is 53.1. The van der Waals surface area contributed by atoms with Gasteiger partial charge in [0, 0.05) is 19.3 Å². The van der Waals surface area contributed by atoms with Crippen molar-refractivity contribution in [3.8, 4) is 0 Å². The first-order chi connectivity index (χ1) is 61.2. The van der Waals surface area contributed by atoms with Crippen LogP contribution in [0, 0.1) is 0 Å². The third kappa shape index (κ3) is 99.1. The van der Waals surface area contributed by atoms with E-state index >= 15 is 0 Å². The van der Waals surface area contributed by atoms with Crippen molar-refractivity contribution in [2.24, 2.45) is 0 Å². The quantitative estimate of drug-likeness (QED) is 0.0146. The monoisotopic (exact) mass is 1790 g/mol. The van der Waals surface area contributed by atoms with E-state index in [-0.39, 0.29) is 19.3 Å². The lowest BCUT2D eigenvalue weighted by Crippen LogP contribution is -2.30. The Labute approximate surface area is 764 Å². The van der Waals surface area contributed by atoms with E-state index in [1.54, 1.807) is 0 Å². The first kappa shape index (κ1) is 120. The number of carbonyl (C=O) groups excluding carboxylic acids is 3. The standard InChI is InChI=1S/C107H182O16P2/c1-4-7-10-13-16-19-22-25-28-31-34-37-40-43-46-48-49-50-51-53-56-57-60-63-66-69-72-75-78-81-84-87-90-93-105(110)117-96-102(108)97-119-124(113,114)120-98-103(109)99-121-125(115,116)122-101-104(123-107(112)95-92-89-86-83-80-77-74-71-68-65-62-59-54-45-42-39-36-33-30-27-24-21-18-15-12-9-6-3)100-118-106(111)94-91-88-85-82-79-76-73-70-67-64-61-58-55-52-47-44-41-38-35-32-29-26-23-20-17-14-11-8-5-2/h7,9-10,12,16-21,25-30,34-39,43-47,54,62,65,102-104,108-109H,4-6,8,11,13-15,22-24,31-33,40-42,48-53,55-61,63-64,66-101H2,1-3H3,(H,113,114)(H,115,116)/b10-7-,12-9-,19-16-,20-17-,21-18-,28-25-,29-26-,30-27-,37-34-,38-35-,39-36-,46-43-,47-44-,54-45-,65-62-. The maximum Gasteiger partial charge on any atom is 0.472 e. The number of unbranched alkanes of at least 4 members (excludes halogenated alkanes) is 41. The fourth-order valence-corrected chi connectivity index (χ4v) is 15.2. The third-order valence-electron chi connectivity index (χ3n) is 21.1. The van der Waals surface area contributed by atoms with E-state index in [0.717, 1.165) is 186 Å². The molecular formula is C107H182O16P2. The highest BCUT2D eigenvalue weighted by atomic mass is 31.2. The van der Waals surface area contributed by atoms with Crippen LogP contribution in [-0.2, 0) is 55.8 Å². The van der Waals surface area contributed by atoms with E-state index in [1.807, 2.05) is 0 Å². The number of hydrogen-bond donors (Lipinski definition) is 4. The lowest BCUT2D eigenvalue weighted by molar-refractivity contribution is -0.161. The predicted molar refractivity (Wildman–Crippen MR) is 528 cm³/mol. The highest BCUT2D eigenvalue weighted by molar-refractivity contribution is 7.47. The van der Waals surface area contributed by atoms with Gasteiger partial charge in [0.15, 0.2) is 6.10 Å². The van der Waals surface area contributed by atoms with E-state index in [2.05, 4.69) is 203 Å². The summed E-state index contributed by atoms with van der Waals surface area (Å²) in [4.78, 5) is 59.2. The number of carbonyl (C=O) groups is 3. The van der Waals surface area contributed by atoms with Crippen molar-refractivity contribution in [1.82, 2.24) is 0 Å². The molecule has 0 aliphatic carbocycles. The van der Waals surface area contributed by atoms with Crippen LogP contribution in [0.2, 0.25) is 0 Å². The molecule has 0 bridgehead atoms. The van der Waals surface area contributed by atoms with Gasteiger partial charge in [-0.15, -0.1) is 0 Å². The molecule has 0 fully saturated rings. The molecule has 0 aliphatic rings. The van der Waals surface area contributed by atoms with E-state index < -0.39 is 91.5 Å². The SMILES string of the molecule is CC/C=C\C/C=C\C/C=C\C/C=C\C/C=C\C/C=C\CCCCCCCCCCC(=O)OC(COC(=O)CCCCCCCCCCCCCCC/C=C\C/C=C\C/C=C\C/C=C\CCCCC)COP(=O)(O)OCC(O)COP(=O)(O)OCC(O)COC(=O)CCCCCCCCCCCCCCCCCCC/C=C\C/C=C\C/C=C\C/C=C\C/C=C\CC. The molecule has 0 aromatic heterocycles. The molecule has 4 N–H and O–H groups in total. The van der Waals surface area contributed by atoms with Gasteiger partial charge in [0.1, 0.15) is 25.4 Å². The summed E-state index contributed by atoms with van der Waals surface area (Å²) in [5, 5.41) is 20.8. The van der Waals surface area contributed by atoms with Gasteiger partial charge < -0.3 is 34.2 Å². The smallest absolute Gasteiger partial charge is 0.463 e. The van der Waals surface area contributed by atoms with Gasteiger partial charge in [-0.1, -0.05) is 421 Å². The lowest BCUT2D eigenvalue weighted by atomic mass is 10.0. The molecule has 16 nitrogen and oxygen atoms in total. The molecule has 0 saturated carbocycles. The fraction of sp³-hybridized carbons (Fsp3) is 0.692. The van der Waals surface area contributed by atoms with Crippen molar-refractivity contribution in [3.05, 3.63) is 182 Å². The Balaban J connectivity index is 4.62. The molecule has 0 rings (SSSR count). The number of rotatable bonds is 94. The van der Waals surface area contributed by atoms with Crippen molar-refractivity contribution >= 4 is 33.6 Å². The number of allylic oxidation sites excluding steroid dienone is 30. The number of aliphatic hydroxyl groups is 2. The Kier molecular flexibility index (Phi) is 93.5. The molecule has 5 unspecified atom stereocenters. The molecular weight excluding hydrogens is 1600 g/mol. The van der Waals surface area contributed by atoms with Gasteiger partial charge in [0.25, 0.3) is 0 Å². The second-order valence-corrected chi connectivity index (χ2v) is 36.1. The van der Waals surface area contributed by atoms with Crippen molar-refractivity contribution in [1.29, 1.82) is 0 Å². The highest BCUT2D eigenvalue weighted by Gasteiger charge is 2.30. The zero-order chi connectivity index (χ0) is 90.7. The van der Waals surface area contributed by atoms with E-state index in [0.29, 0.717) is 19.3 Å². The number of ether oxygens (including phenoxy) is 3.